The average molecular weight is 404 g/mol. The number of aliphatic imine (C=N–C) groups is 1. The van der Waals surface area contributed by atoms with Gasteiger partial charge in [-0.3, -0.25) is 4.99 Å². The molecule has 8 heteroatoms. The van der Waals surface area contributed by atoms with Gasteiger partial charge in [0, 0.05) is 39.8 Å². The molecule has 0 unspecified atom stereocenters. The predicted molar refractivity (Wildman–Crippen MR) is 120 cm³/mol. The zero-order chi connectivity index (χ0) is 20.2. The maximum atomic E-state index is 5.60. The molecule has 0 spiro atoms. The molecule has 0 saturated heterocycles. The summed E-state index contributed by atoms with van der Waals surface area (Å²) in [5, 5.41) is 14.9. The summed E-state index contributed by atoms with van der Waals surface area (Å²) in [6, 6.07) is 15.9. The summed E-state index contributed by atoms with van der Waals surface area (Å²) >= 11 is 1.69. The lowest BCUT2D eigenvalue weighted by molar-refractivity contribution is 0.340. The molecule has 0 atom stereocenters. The molecule has 0 bridgehead atoms. The van der Waals surface area contributed by atoms with E-state index in [-0.39, 0.29) is 0 Å². The second-order valence-corrected chi connectivity index (χ2v) is 7.12. The van der Waals surface area contributed by atoms with Gasteiger partial charge in [0.1, 0.15) is 11.6 Å². The van der Waals surface area contributed by atoms with Gasteiger partial charge in [-0.25, -0.2) is 4.98 Å². The Bertz CT molecular complexity index is 1230. The number of thiophene rings is 1. The number of rotatable bonds is 5. The third-order valence-electron chi connectivity index (χ3n) is 4.43. The van der Waals surface area contributed by atoms with Crippen molar-refractivity contribution in [3.8, 4) is 5.75 Å². The molecule has 0 fully saturated rings. The molecule has 0 aliphatic rings. The predicted octanol–water partition coefficient (Wildman–Crippen LogP) is 5.29. The number of nitrogens with zero attached hydrogens (tertiary/aromatic N) is 4. The largest absolute Gasteiger partial charge is 0.494 e. The Kier molecular flexibility index (Phi) is 5.35. The first-order chi connectivity index (χ1) is 14.2. The standard InChI is InChI=1S/C21H20N6OS/c1-3-28-15-6-4-5-14(12-15)24-21-17-9-10-29-19(17)16-8-7-13(11-18(16)25-21)20(23-2)26-27-22/h4-12H,3H2,1-2H3,(H,24,25)(H2,22,23,26). The third-order valence-corrected chi connectivity index (χ3v) is 5.37. The van der Waals surface area contributed by atoms with Crippen LogP contribution < -0.4 is 15.9 Å². The van der Waals surface area contributed by atoms with Crippen LogP contribution in [0.3, 0.4) is 0 Å². The van der Waals surface area contributed by atoms with Gasteiger partial charge in [0.25, 0.3) is 0 Å². The van der Waals surface area contributed by atoms with Crippen molar-refractivity contribution in [2.45, 2.75) is 6.92 Å². The Balaban J connectivity index is 1.82. The van der Waals surface area contributed by atoms with E-state index < -0.39 is 0 Å². The van der Waals surface area contributed by atoms with Gasteiger partial charge in [-0.2, -0.15) is 0 Å². The quantitative estimate of drug-likeness (QED) is 0.155. The molecule has 4 rings (SSSR count). The van der Waals surface area contributed by atoms with Gasteiger partial charge in [-0.1, -0.05) is 23.4 Å². The number of nitrogens with two attached hydrogens (primary N) is 1. The number of hydrogen-bond donors (Lipinski definition) is 2. The Morgan fingerprint density at radius 1 is 1.17 bits per heavy atom. The van der Waals surface area contributed by atoms with Crippen molar-refractivity contribution >= 4 is 49.7 Å². The smallest absolute Gasteiger partial charge is 0.178 e. The minimum absolute atomic E-state index is 0.460. The number of benzene rings is 2. The molecule has 0 saturated carbocycles. The van der Waals surface area contributed by atoms with Gasteiger partial charge in [0.05, 0.1) is 12.1 Å². The number of amidine groups is 1. The average Bonchev–Trinajstić information content (AvgIpc) is 3.23. The fourth-order valence-electron chi connectivity index (χ4n) is 3.19. The highest BCUT2D eigenvalue weighted by atomic mass is 32.1. The van der Waals surface area contributed by atoms with Crippen molar-refractivity contribution in [3.05, 3.63) is 59.5 Å². The fraction of sp³-hybridized carbons (Fsp3) is 0.143. The third kappa shape index (κ3) is 3.74. The van der Waals surface area contributed by atoms with E-state index >= 15 is 0 Å². The molecule has 0 aliphatic heterocycles. The number of hydrogen-bond acceptors (Lipinski definition) is 6. The summed E-state index contributed by atoms with van der Waals surface area (Å²) < 4.78 is 6.77. The highest BCUT2D eigenvalue weighted by Crippen LogP contribution is 2.35. The fourth-order valence-corrected chi connectivity index (χ4v) is 4.12. The number of nitrogens with one attached hydrogen (secondary N) is 1. The van der Waals surface area contributed by atoms with E-state index in [2.05, 4.69) is 32.1 Å². The summed E-state index contributed by atoms with van der Waals surface area (Å²) in [5.41, 5.74) is 2.57. The summed E-state index contributed by atoms with van der Waals surface area (Å²) in [6.45, 7) is 2.59. The second kappa shape index (κ2) is 8.24. The van der Waals surface area contributed by atoms with Crippen molar-refractivity contribution in [1.82, 2.24) is 4.98 Å². The first kappa shape index (κ1) is 18.8. The maximum absolute atomic E-state index is 5.60. The van der Waals surface area contributed by atoms with Gasteiger partial charge in [-0.05, 0) is 36.6 Å². The van der Waals surface area contributed by atoms with Crippen LogP contribution in [-0.4, -0.2) is 24.5 Å². The number of anilines is 2. The molecule has 7 nitrogen and oxygen atoms in total. The monoisotopic (exact) mass is 404 g/mol. The van der Waals surface area contributed by atoms with Crippen LogP contribution in [0.2, 0.25) is 0 Å². The van der Waals surface area contributed by atoms with E-state index in [0.29, 0.717) is 12.4 Å². The Morgan fingerprint density at radius 3 is 2.86 bits per heavy atom. The number of fused-ring (bicyclic) bond motifs is 3. The molecule has 3 N–H and O–H groups in total. The molecule has 2 aromatic carbocycles. The molecular formula is C21H20N6OS. The molecule has 0 aliphatic carbocycles. The number of aromatic nitrogens is 1. The van der Waals surface area contributed by atoms with Crippen LogP contribution in [0.4, 0.5) is 11.5 Å². The second-order valence-electron chi connectivity index (χ2n) is 6.20. The van der Waals surface area contributed by atoms with Gasteiger partial charge in [-0.15, -0.1) is 16.5 Å². The van der Waals surface area contributed by atoms with E-state index in [1.165, 1.54) is 4.70 Å². The molecule has 0 radical (unpaired) electrons. The summed E-state index contributed by atoms with van der Waals surface area (Å²) in [7, 11) is 1.66. The first-order valence-corrected chi connectivity index (χ1v) is 10.0. The van der Waals surface area contributed by atoms with Crippen LogP contribution in [0.25, 0.3) is 21.0 Å². The van der Waals surface area contributed by atoms with Crippen molar-refractivity contribution in [3.63, 3.8) is 0 Å². The number of ether oxygens (including phenoxy) is 1. The van der Waals surface area contributed by atoms with Gasteiger partial charge in [0.15, 0.2) is 5.84 Å². The van der Waals surface area contributed by atoms with Gasteiger partial charge in [0.2, 0.25) is 0 Å². The summed E-state index contributed by atoms with van der Waals surface area (Å²) in [6.07, 6.45) is 0. The molecule has 2 aromatic heterocycles. The molecule has 29 heavy (non-hydrogen) atoms. The lowest BCUT2D eigenvalue weighted by atomic mass is 10.1. The van der Waals surface area contributed by atoms with Crippen LogP contribution in [0, 0.1) is 0 Å². The van der Waals surface area contributed by atoms with Crippen LogP contribution in [0.15, 0.2) is 69.2 Å². The van der Waals surface area contributed by atoms with E-state index in [4.69, 9.17) is 15.6 Å². The highest BCUT2D eigenvalue weighted by Gasteiger charge is 2.12. The van der Waals surface area contributed by atoms with Crippen LogP contribution >= 0.6 is 11.3 Å². The molecule has 0 amide bonds. The zero-order valence-corrected chi connectivity index (χ0v) is 16.9. The van der Waals surface area contributed by atoms with Crippen LogP contribution in [0.1, 0.15) is 12.5 Å². The minimum atomic E-state index is 0.460. The van der Waals surface area contributed by atoms with Crippen molar-refractivity contribution in [2.75, 3.05) is 19.0 Å². The summed E-state index contributed by atoms with van der Waals surface area (Å²) in [4.78, 5) is 9.03. The Hall–Kier alpha value is -3.52. The lowest BCUT2D eigenvalue weighted by Crippen LogP contribution is -1.99. The normalized spacial score (nSPS) is 12.1. The molecule has 4 aromatic rings. The van der Waals surface area contributed by atoms with Crippen molar-refractivity contribution in [1.29, 1.82) is 0 Å². The Morgan fingerprint density at radius 2 is 2.07 bits per heavy atom. The van der Waals surface area contributed by atoms with Crippen LogP contribution in [-0.2, 0) is 0 Å². The van der Waals surface area contributed by atoms with Crippen molar-refractivity contribution in [2.24, 2.45) is 21.2 Å². The SMILES string of the molecule is CCOc1cccc(Nc2nc3cc(C(N=NN)=NC)ccc3c3sccc23)c1. The lowest BCUT2D eigenvalue weighted by Gasteiger charge is -2.11. The van der Waals surface area contributed by atoms with Crippen molar-refractivity contribution < 1.29 is 4.74 Å². The topological polar surface area (TPSA) is 97.2 Å². The molecular weight excluding hydrogens is 384 g/mol. The maximum Gasteiger partial charge on any atom is 0.178 e. The van der Waals surface area contributed by atoms with E-state index in [1.54, 1.807) is 18.4 Å². The minimum Gasteiger partial charge on any atom is -0.494 e. The Labute approximate surface area is 171 Å². The van der Waals surface area contributed by atoms with Crippen LogP contribution in [0.5, 0.6) is 5.75 Å². The highest BCUT2D eigenvalue weighted by molar-refractivity contribution is 7.18. The van der Waals surface area contributed by atoms with E-state index in [9.17, 15) is 0 Å². The zero-order valence-electron chi connectivity index (χ0n) is 16.1. The van der Waals surface area contributed by atoms with Gasteiger partial charge < -0.3 is 15.9 Å². The molecule has 146 valence electrons. The van der Waals surface area contributed by atoms with E-state index in [0.717, 1.165) is 39.1 Å². The molecule has 2 heterocycles. The number of pyridine rings is 1. The van der Waals surface area contributed by atoms with Gasteiger partial charge >= 0.3 is 0 Å². The summed E-state index contributed by atoms with van der Waals surface area (Å²) in [5.74, 6) is 7.27. The van der Waals surface area contributed by atoms with E-state index in [1.807, 2.05) is 49.4 Å². The first-order valence-electron chi connectivity index (χ1n) is 9.12.